The highest BCUT2D eigenvalue weighted by Gasteiger charge is 2.24. The molecular formula is C12H21N3O. The molecule has 16 heavy (non-hydrogen) atoms. The van der Waals surface area contributed by atoms with E-state index in [1.807, 2.05) is 7.05 Å². The van der Waals surface area contributed by atoms with Crippen molar-refractivity contribution in [3.63, 3.8) is 0 Å². The number of nitrogens with zero attached hydrogens (tertiary/aromatic N) is 1. The minimum absolute atomic E-state index is 0.335. The number of aromatic nitrogens is 1. The fourth-order valence-corrected chi connectivity index (χ4v) is 1.52. The van der Waals surface area contributed by atoms with Crippen LogP contribution in [-0.2, 0) is 18.4 Å². The quantitative estimate of drug-likeness (QED) is 0.800. The van der Waals surface area contributed by atoms with Gasteiger partial charge in [0, 0.05) is 25.0 Å². The molecule has 0 radical (unpaired) electrons. The molecule has 3 N–H and O–H groups in total. The van der Waals surface area contributed by atoms with Crippen molar-refractivity contribution in [1.29, 1.82) is 0 Å². The Hall–Kier alpha value is -1.29. The first-order valence-electron chi connectivity index (χ1n) is 5.42. The van der Waals surface area contributed by atoms with E-state index in [4.69, 9.17) is 5.73 Å². The molecular weight excluding hydrogens is 202 g/mol. The molecule has 4 heteroatoms. The molecule has 1 amide bonds. The Morgan fingerprint density at radius 2 is 2.06 bits per heavy atom. The fourth-order valence-electron chi connectivity index (χ4n) is 1.52. The number of aryl methyl sites for hydroxylation is 1. The van der Waals surface area contributed by atoms with Crippen LogP contribution in [0.3, 0.4) is 0 Å². The van der Waals surface area contributed by atoms with Gasteiger partial charge in [0.05, 0.1) is 5.54 Å². The Labute approximate surface area is 96.8 Å². The summed E-state index contributed by atoms with van der Waals surface area (Å²) < 4.78 is 2.13. The molecule has 4 nitrogen and oxygen atoms in total. The van der Waals surface area contributed by atoms with E-state index >= 15 is 0 Å². The zero-order chi connectivity index (χ0) is 12.5. The van der Waals surface area contributed by atoms with Gasteiger partial charge in [0.1, 0.15) is 0 Å². The number of carbonyl (C=O) groups is 1. The van der Waals surface area contributed by atoms with Crippen molar-refractivity contribution in [1.82, 2.24) is 9.88 Å². The van der Waals surface area contributed by atoms with Gasteiger partial charge in [-0.05, 0) is 39.3 Å². The van der Waals surface area contributed by atoms with E-state index in [2.05, 4.69) is 29.8 Å². The first-order valence-corrected chi connectivity index (χ1v) is 5.42. The number of amides is 1. The Morgan fingerprint density at radius 1 is 1.50 bits per heavy atom. The lowest BCUT2D eigenvalue weighted by molar-refractivity contribution is -0.123. The molecule has 1 aromatic rings. The molecule has 0 aliphatic rings. The summed E-state index contributed by atoms with van der Waals surface area (Å²) in [6.07, 6.45) is 0. The lowest BCUT2D eigenvalue weighted by Crippen LogP contribution is -2.50. The van der Waals surface area contributed by atoms with Gasteiger partial charge >= 0.3 is 0 Å². The number of nitrogens with one attached hydrogen (secondary N) is 1. The van der Waals surface area contributed by atoms with Crippen molar-refractivity contribution in [3.8, 4) is 0 Å². The van der Waals surface area contributed by atoms with E-state index in [1.165, 1.54) is 17.0 Å². The van der Waals surface area contributed by atoms with Gasteiger partial charge in [0.25, 0.3) is 0 Å². The van der Waals surface area contributed by atoms with Crippen LogP contribution in [0.2, 0.25) is 0 Å². The molecule has 0 fully saturated rings. The van der Waals surface area contributed by atoms with Gasteiger partial charge in [-0.1, -0.05) is 0 Å². The van der Waals surface area contributed by atoms with Gasteiger partial charge in [-0.3, -0.25) is 10.1 Å². The largest absolute Gasteiger partial charge is 0.368 e. The van der Waals surface area contributed by atoms with Crippen LogP contribution in [0.1, 0.15) is 30.8 Å². The standard InChI is InChI=1S/C12H21N3O/c1-8-6-10(9(2)15(8)5)7-14-12(3,4)11(13)16/h6,14H,7H2,1-5H3,(H2,13,16). The second-order valence-corrected chi connectivity index (χ2v) is 4.80. The normalized spacial score (nSPS) is 11.8. The summed E-state index contributed by atoms with van der Waals surface area (Å²) in [6, 6.07) is 2.12. The molecule has 0 saturated carbocycles. The molecule has 90 valence electrons. The lowest BCUT2D eigenvalue weighted by atomic mass is 10.0. The van der Waals surface area contributed by atoms with E-state index in [1.54, 1.807) is 13.8 Å². The van der Waals surface area contributed by atoms with Gasteiger partial charge < -0.3 is 10.3 Å². The summed E-state index contributed by atoms with van der Waals surface area (Å²) >= 11 is 0. The minimum atomic E-state index is -0.670. The molecule has 1 aromatic heterocycles. The summed E-state index contributed by atoms with van der Waals surface area (Å²) in [4.78, 5) is 11.2. The average molecular weight is 223 g/mol. The summed E-state index contributed by atoms with van der Waals surface area (Å²) in [7, 11) is 2.04. The fraction of sp³-hybridized carbons (Fsp3) is 0.583. The van der Waals surface area contributed by atoms with E-state index in [0.717, 1.165) is 0 Å². The molecule has 0 unspecified atom stereocenters. The van der Waals surface area contributed by atoms with Crippen LogP contribution in [0.25, 0.3) is 0 Å². The van der Waals surface area contributed by atoms with Crippen molar-refractivity contribution >= 4 is 5.91 Å². The maximum Gasteiger partial charge on any atom is 0.237 e. The number of hydrogen-bond acceptors (Lipinski definition) is 2. The molecule has 0 saturated heterocycles. The van der Waals surface area contributed by atoms with Crippen LogP contribution in [0.4, 0.5) is 0 Å². The van der Waals surface area contributed by atoms with Crippen LogP contribution >= 0.6 is 0 Å². The van der Waals surface area contributed by atoms with Crippen LogP contribution in [0.15, 0.2) is 6.07 Å². The van der Waals surface area contributed by atoms with Crippen LogP contribution in [0, 0.1) is 13.8 Å². The van der Waals surface area contributed by atoms with Crippen molar-refractivity contribution < 1.29 is 4.79 Å². The molecule has 0 aliphatic carbocycles. The van der Waals surface area contributed by atoms with Crippen molar-refractivity contribution in [2.45, 2.75) is 39.8 Å². The molecule has 0 bridgehead atoms. The second kappa shape index (κ2) is 4.29. The zero-order valence-corrected chi connectivity index (χ0v) is 10.7. The summed E-state index contributed by atoms with van der Waals surface area (Å²) in [5, 5.41) is 3.17. The summed E-state index contributed by atoms with van der Waals surface area (Å²) in [5.74, 6) is -0.335. The summed E-state index contributed by atoms with van der Waals surface area (Å²) in [5.41, 5.74) is 8.26. The van der Waals surface area contributed by atoms with Gasteiger partial charge in [-0.2, -0.15) is 0 Å². The third kappa shape index (κ3) is 2.44. The maximum absolute atomic E-state index is 11.2. The van der Waals surface area contributed by atoms with Crippen molar-refractivity contribution in [2.24, 2.45) is 12.8 Å². The van der Waals surface area contributed by atoms with Crippen molar-refractivity contribution in [2.75, 3.05) is 0 Å². The second-order valence-electron chi connectivity index (χ2n) is 4.80. The lowest BCUT2D eigenvalue weighted by Gasteiger charge is -2.22. The number of primary amides is 1. The van der Waals surface area contributed by atoms with E-state index < -0.39 is 5.54 Å². The number of rotatable bonds is 4. The number of nitrogens with two attached hydrogens (primary N) is 1. The van der Waals surface area contributed by atoms with Gasteiger partial charge in [0.15, 0.2) is 0 Å². The molecule has 1 rings (SSSR count). The van der Waals surface area contributed by atoms with Crippen LogP contribution in [0.5, 0.6) is 0 Å². The van der Waals surface area contributed by atoms with Crippen LogP contribution in [-0.4, -0.2) is 16.0 Å². The Morgan fingerprint density at radius 3 is 2.44 bits per heavy atom. The van der Waals surface area contributed by atoms with Gasteiger partial charge in [0.2, 0.25) is 5.91 Å². The highest BCUT2D eigenvalue weighted by Crippen LogP contribution is 2.14. The highest BCUT2D eigenvalue weighted by atomic mass is 16.1. The third-order valence-electron chi connectivity index (χ3n) is 3.22. The first-order chi connectivity index (χ1) is 7.25. The van der Waals surface area contributed by atoms with E-state index in [-0.39, 0.29) is 5.91 Å². The Bertz CT molecular complexity index is 405. The predicted octanol–water partition coefficient (Wildman–Crippen LogP) is 0.995. The summed E-state index contributed by atoms with van der Waals surface area (Å²) in [6.45, 7) is 8.38. The smallest absolute Gasteiger partial charge is 0.237 e. The highest BCUT2D eigenvalue weighted by molar-refractivity contribution is 5.83. The van der Waals surface area contributed by atoms with Gasteiger partial charge in [-0.25, -0.2) is 0 Å². The molecule has 0 aliphatic heterocycles. The minimum Gasteiger partial charge on any atom is -0.368 e. The Kier molecular flexibility index (Phi) is 3.43. The number of hydrogen-bond donors (Lipinski definition) is 2. The van der Waals surface area contributed by atoms with Crippen LogP contribution < -0.4 is 11.1 Å². The molecule has 0 atom stereocenters. The monoisotopic (exact) mass is 223 g/mol. The molecule has 0 spiro atoms. The average Bonchev–Trinajstić information content (AvgIpc) is 2.43. The SMILES string of the molecule is Cc1cc(CNC(C)(C)C(N)=O)c(C)n1C. The molecule has 0 aromatic carbocycles. The maximum atomic E-state index is 11.2. The van der Waals surface area contributed by atoms with Gasteiger partial charge in [-0.15, -0.1) is 0 Å². The third-order valence-corrected chi connectivity index (χ3v) is 3.22. The first kappa shape index (κ1) is 12.8. The Balaban J connectivity index is 2.76. The van der Waals surface area contributed by atoms with E-state index in [9.17, 15) is 4.79 Å². The molecule has 1 heterocycles. The topological polar surface area (TPSA) is 60.0 Å². The zero-order valence-electron chi connectivity index (χ0n) is 10.7. The number of carbonyl (C=O) groups excluding carboxylic acids is 1. The van der Waals surface area contributed by atoms with Crippen molar-refractivity contribution in [3.05, 3.63) is 23.0 Å². The van der Waals surface area contributed by atoms with E-state index in [0.29, 0.717) is 6.54 Å². The predicted molar refractivity (Wildman–Crippen MR) is 65.0 cm³/mol.